The minimum Gasteiger partial charge on any atom is -0.381 e. The maximum atomic E-state index is 12.5. The predicted molar refractivity (Wildman–Crippen MR) is 123 cm³/mol. The molecule has 4 heteroatoms. The summed E-state index contributed by atoms with van der Waals surface area (Å²) in [5.41, 5.74) is 6.26. The molecule has 2 heterocycles. The third kappa shape index (κ3) is 4.16. The largest absolute Gasteiger partial charge is 0.381 e. The van der Waals surface area contributed by atoms with Crippen molar-refractivity contribution in [3.8, 4) is 0 Å². The molecule has 1 aliphatic heterocycles. The number of piperidine rings is 1. The first kappa shape index (κ1) is 19.6. The van der Waals surface area contributed by atoms with E-state index in [-0.39, 0.29) is 5.56 Å². The van der Waals surface area contributed by atoms with E-state index in [9.17, 15) is 4.79 Å². The lowest BCUT2D eigenvalue weighted by Gasteiger charge is -2.36. The molecule has 152 valence electrons. The van der Waals surface area contributed by atoms with Crippen molar-refractivity contribution in [2.45, 2.75) is 40.7 Å². The van der Waals surface area contributed by atoms with Crippen molar-refractivity contribution in [3.05, 3.63) is 69.5 Å². The van der Waals surface area contributed by atoms with E-state index >= 15 is 0 Å². The quantitative estimate of drug-likeness (QED) is 0.641. The predicted octanol–water partition coefficient (Wildman–Crippen LogP) is 5.24. The number of pyridine rings is 1. The molecule has 29 heavy (non-hydrogen) atoms. The first-order valence-electron chi connectivity index (χ1n) is 10.6. The number of aromatic amines is 1. The van der Waals surface area contributed by atoms with Crippen LogP contribution in [0, 0.1) is 25.7 Å². The Balaban J connectivity index is 1.49. The molecule has 0 amide bonds. The summed E-state index contributed by atoms with van der Waals surface area (Å²) in [7, 11) is 0. The van der Waals surface area contributed by atoms with E-state index in [2.05, 4.69) is 72.4 Å². The number of H-pyrrole nitrogens is 1. The molecule has 2 aromatic carbocycles. The zero-order valence-electron chi connectivity index (χ0n) is 17.9. The molecule has 4 nitrogen and oxygen atoms in total. The molecule has 0 unspecified atom stereocenters. The second kappa shape index (κ2) is 7.94. The van der Waals surface area contributed by atoms with Crippen LogP contribution in [0.2, 0.25) is 0 Å². The zero-order chi connectivity index (χ0) is 20.5. The Hall–Kier alpha value is -2.75. The van der Waals surface area contributed by atoms with Gasteiger partial charge in [0, 0.05) is 42.0 Å². The summed E-state index contributed by atoms with van der Waals surface area (Å²) in [6.45, 7) is 11.5. The van der Waals surface area contributed by atoms with Gasteiger partial charge in [-0.2, -0.15) is 0 Å². The highest BCUT2D eigenvalue weighted by molar-refractivity contribution is 5.85. The first-order valence-corrected chi connectivity index (χ1v) is 10.6. The smallest absolute Gasteiger partial charge is 0.253 e. The van der Waals surface area contributed by atoms with Crippen molar-refractivity contribution < 1.29 is 0 Å². The molecule has 1 aliphatic rings. The molecule has 1 fully saturated rings. The van der Waals surface area contributed by atoms with Crippen molar-refractivity contribution in [1.82, 2.24) is 4.98 Å². The fourth-order valence-corrected chi connectivity index (χ4v) is 4.61. The zero-order valence-corrected chi connectivity index (χ0v) is 17.9. The van der Waals surface area contributed by atoms with Gasteiger partial charge in [-0.1, -0.05) is 26.0 Å². The number of aryl methyl sites for hydroxylation is 2. The van der Waals surface area contributed by atoms with E-state index in [0.29, 0.717) is 6.54 Å². The maximum Gasteiger partial charge on any atom is 0.253 e. The van der Waals surface area contributed by atoms with Gasteiger partial charge in [-0.3, -0.25) is 4.79 Å². The molecule has 0 spiro atoms. The van der Waals surface area contributed by atoms with E-state index in [1.807, 2.05) is 13.0 Å². The van der Waals surface area contributed by atoms with Gasteiger partial charge in [-0.05, 0) is 73.6 Å². The lowest BCUT2D eigenvalue weighted by Crippen LogP contribution is -2.38. The van der Waals surface area contributed by atoms with Crippen LogP contribution in [0.1, 0.15) is 37.0 Å². The molecule has 2 N–H and O–H groups in total. The maximum absolute atomic E-state index is 12.5. The van der Waals surface area contributed by atoms with Gasteiger partial charge in [-0.15, -0.1) is 0 Å². The molecule has 0 radical (unpaired) electrons. The number of rotatable bonds is 4. The van der Waals surface area contributed by atoms with E-state index in [1.54, 1.807) is 0 Å². The average molecular weight is 390 g/mol. The number of nitrogens with zero attached hydrogens (tertiary/aromatic N) is 1. The molecular weight excluding hydrogens is 358 g/mol. The monoisotopic (exact) mass is 389 g/mol. The van der Waals surface area contributed by atoms with Crippen molar-refractivity contribution in [3.63, 3.8) is 0 Å². The van der Waals surface area contributed by atoms with Crippen LogP contribution in [-0.4, -0.2) is 18.1 Å². The van der Waals surface area contributed by atoms with Crippen LogP contribution in [0.15, 0.2) is 47.3 Å². The normalized spacial score (nSPS) is 19.5. The van der Waals surface area contributed by atoms with E-state index in [4.69, 9.17) is 0 Å². The number of fused-ring (bicyclic) bond motifs is 1. The Morgan fingerprint density at radius 2 is 1.66 bits per heavy atom. The Kier molecular flexibility index (Phi) is 5.35. The molecule has 0 bridgehead atoms. The van der Waals surface area contributed by atoms with Gasteiger partial charge in [0.15, 0.2) is 0 Å². The number of benzene rings is 2. The highest BCUT2D eigenvalue weighted by Gasteiger charge is 2.21. The number of nitrogens with one attached hydrogen (secondary N) is 2. The highest BCUT2D eigenvalue weighted by Crippen LogP contribution is 2.27. The van der Waals surface area contributed by atoms with Crippen molar-refractivity contribution in [2.75, 3.05) is 23.3 Å². The third-order valence-electron chi connectivity index (χ3n) is 6.10. The summed E-state index contributed by atoms with van der Waals surface area (Å²) in [5.74, 6) is 1.48. The average Bonchev–Trinajstić information content (AvgIpc) is 2.69. The standard InChI is InChI=1S/C25H31N3O/c1-16-11-17(2)15-28(14-16)22-9-7-21(8-10-22)26-13-20-12-23-18(3)5-6-19(4)24(23)27-25(20)29/h5-10,12,16-17,26H,11,13-15H2,1-4H3,(H,27,29)/t16-,17+. The first-order chi connectivity index (χ1) is 13.9. The number of anilines is 2. The summed E-state index contributed by atoms with van der Waals surface area (Å²) in [5, 5.41) is 4.53. The summed E-state index contributed by atoms with van der Waals surface area (Å²) in [6.07, 6.45) is 1.31. The molecule has 0 saturated carbocycles. The van der Waals surface area contributed by atoms with Crippen LogP contribution in [0.4, 0.5) is 11.4 Å². The van der Waals surface area contributed by atoms with Gasteiger partial charge in [0.05, 0.1) is 5.52 Å². The number of hydrogen-bond donors (Lipinski definition) is 2. The molecule has 1 saturated heterocycles. The second-order valence-corrected chi connectivity index (χ2v) is 8.86. The van der Waals surface area contributed by atoms with Crippen molar-refractivity contribution in [2.24, 2.45) is 11.8 Å². The minimum atomic E-state index is -0.0217. The fraction of sp³-hybridized carbons (Fsp3) is 0.400. The number of hydrogen-bond acceptors (Lipinski definition) is 3. The van der Waals surface area contributed by atoms with Crippen molar-refractivity contribution >= 4 is 22.3 Å². The second-order valence-electron chi connectivity index (χ2n) is 8.86. The topological polar surface area (TPSA) is 48.1 Å². The summed E-state index contributed by atoms with van der Waals surface area (Å²) in [4.78, 5) is 18.1. The summed E-state index contributed by atoms with van der Waals surface area (Å²) < 4.78 is 0. The molecule has 2 atom stereocenters. The molecule has 1 aromatic heterocycles. The molecular formula is C25H31N3O. The van der Waals surface area contributed by atoms with Gasteiger partial charge < -0.3 is 15.2 Å². The SMILES string of the molecule is Cc1ccc(C)c2[nH]c(=O)c(CNc3ccc(N4C[C@H](C)C[C@H](C)C4)cc3)cc12. The van der Waals surface area contributed by atoms with Crippen LogP contribution < -0.4 is 15.8 Å². The van der Waals surface area contributed by atoms with Gasteiger partial charge in [-0.25, -0.2) is 0 Å². The molecule has 3 aromatic rings. The number of aromatic nitrogens is 1. The molecule has 4 rings (SSSR count). The fourth-order valence-electron chi connectivity index (χ4n) is 4.61. The Morgan fingerprint density at radius 3 is 2.34 bits per heavy atom. The van der Waals surface area contributed by atoms with Crippen LogP contribution in [0.25, 0.3) is 10.9 Å². The minimum absolute atomic E-state index is 0.0217. The highest BCUT2D eigenvalue weighted by atomic mass is 16.1. The summed E-state index contributed by atoms with van der Waals surface area (Å²) in [6, 6.07) is 14.8. The van der Waals surface area contributed by atoms with E-state index in [1.165, 1.54) is 17.7 Å². The van der Waals surface area contributed by atoms with Crippen LogP contribution >= 0.6 is 0 Å². The Bertz CT molecular complexity index is 1060. The van der Waals surface area contributed by atoms with Gasteiger partial charge in [0.25, 0.3) is 5.56 Å². The summed E-state index contributed by atoms with van der Waals surface area (Å²) >= 11 is 0. The molecule has 0 aliphatic carbocycles. The van der Waals surface area contributed by atoms with Crippen LogP contribution in [0.3, 0.4) is 0 Å². The lowest BCUT2D eigenvalue weighted by atomic mass is 9.91. The lowest BCUT2D eigenvalue weighted by molar-refractivity contribution is 0.357. The van der Waals surface area contributed by atoms with E-state index < -0.39 is 0 Å². The van der Waals surface area contributed by atoms with Crippen LogP contribution in [0.5, 0.6) is 0 Å². The van der Waals surface area contributed by atoms with E-state index in [0.717, 1.165) is 52.6 Å². The van der Waals surface area contributed by atoms with Crippen LogP contribution in [-0.2, 0) is 6.54 Å². The third-order valence-corrected chi connectivity index (χ3v) is 6.10. The van der Waals surface area contributed by atoms with Gasteiger partial charge >= 0.3 is 0 Å². The van der Waals surface area contributed by atoms with Gasteiger partial charge in [0.2, 0.25) is 0 Å². The Labute approximate surface area is 173 Å². The Morgan fingerprint density at radius 1 is 1.00 bits per heavy atom. The van der Waals surface area contributed by atoms with Gasteiger partial charge in [0.1, 0.15) is 0 Å². The van der Waals surface area contributed by atoms with Crippen molar-refractivity contribution in [1.29, 1.82) is 0 Å².